The number of nitrogens with one attached hydrogen (secondary N) is 1. The number of benzene rings is 3. The van der Waals surface area contributed by atoms with Crippen LogP contribution in [0, 0.1) is 0 Å². The molecule has 0 radical (unpaired) electrons. The van der Waals surface area contributed by atoms with Crippen LogP contribution in [0.1, 0.15) is 31.9 Å². The molecule has 0 saturated carbocycles. The van der Waals surface area contributed by atoms with Crippen LogP contribution in [0.3, 0.4) is 0 Å². The Labute approximate surface area is 211 Å². The van der Waals surface area contributed by atoms with E-state index in [9.17, 15) is 13.2 Å². The molecule has 9 heteroatoms. The first kappa shape index (κ1) is 25.4. The molecule has 36 heavy (non-hydrogen) atoms. The number of amides is 1. The number of carbonyl (C=O) groups excluding carboxylic acids is 1. The van der Waals surface area contributed by atoms with Crippen LogP contribution in [0.15, 0.2) is 72.8 Å². The van der Waals surface area contributed by atoms with Crippen molar-refractivity contribution in [1.82, 2.24) is 5.32 Å². The number of hydrogen-bond donors (Lipinski definition) is 1. The van der Waals surface area contributed by atoms with Gasteiger partial charge in [-0.05, 0) is 56.3 Å². The van der Waals surface area contributed by atoms with Crippen molar-refractivity contribution in [3.8, 4) is 23.0 Å². The Morgan fingerprint density at radius 3 is 2.44 bits per heavy atom. The molecule has 8 nitrogen and oxygen atoms in total. The van der Waals surface area contributed by atoms with Gasteiger partial charge in [0.05, 0.1) is 25.1 Å². The van der Waals surface area contributed by atoms with Crippen molar-refractivity contribution in [2.24, 2.45) is 0 Å². The zero-order chi connectivity index (χ0) is 25.9. The zero-order valence-electron chi connectivity index (χ0n) is 20.7. The minimum Gasteiger partial charge on any atom is -0.497 e. The number of rotatable bonds is 8. The lowest BCUT2D eigenvalue weighted by molar-refractivity contribution is -0.120. The summed E-state index contributed by atoms with van der Waals surface area (Å²) in [5.74, 6) is 1.72. The van der Waals surface area contributed by atoms with Gasteiger partial charge in [0.25, 0.3) is 0 Å². The summed E-state index contributed by atoms with van der Waals surface area (Å²) in [5, 5.41) is 3.00. The van der Waals surface area contributed by atoms with Gasteiger partial charge in [0.1, 0.15) is 29.4 Å². The van der Waals surface area contributed by atoms with Gasteiger partial charge < -0.3 is 19.5 Å². The number of ether oxygens (including phenoxy) is 3. The van der Waals surface area contributed by atoms with Gasteiger partial charge in [-0.25, -0.2) is 8.42 Å². The SMILES string of the molecule is COc1ccc2c(c1)C(NC(=O)CN(c1ccccc1Oc1ccccc1)S(C)(=O)=O)CC(C)(C)O2. The molecule has 3 aromatic carbocycles. The van der Waals surface area contributed by atoms with Gasteiger partial charge in [0, 0.05) is 12.0 Å². The standard InChI is InChI=1S/C27H30N2O6S/c1-27(2)17-22(21-16-20(33-3)14-15-24(21)35-27)28-26(30)18-29(36(4,31)32)23-12-8-9-13-25(23)34-19-10-6-5-7-11-19/h5-16,22H,17-18H2,1-4H3,(H,28,30). The maximum atomic E-state index is 13.3. The third-order valence-electron chi connectivity index (χ3n) is 5.80. The van der Waals surface area contributed by atoms with Gasteiger partial charge in [-0.2, -0.15) is 0 Å². The van der Waals surface area contributed by atoms with E-state index in [-0.39, 0.29) is 11.7 Å². The van der Waals surface area contributed by atoms with Gasteiger partial charge in [0.15, 0.2) is 5.75 Å². The second kappa shape index (κ2) is 10.1. The maximum Gasteiger partial charge on any atom is 0.241 e. The van der Waals surface area contributed by atoms with E-state index < -0.39 is 28.1 Å². The number of nitrogens with zero attached hydrogens (tertiary/aromatic N) is 1. The average molecular weight is 511 g/mol. The number of hydrogen-bond acceptors (Lipinski definition) is 6. The first-order valence-electron chi connectivity index (χ1n) is 11.5. The topological polar surface area (TPSA) is 94.2 Å². The molecular weight excluding hydrogens is 480 g/mol. The molecule has 1 atom stereocenters. The van der Waals surface area contributed by atoms with Crippen LogP contribution in [0.25, 0.3) is 0 Å². The first-order valence-corrected chi connectivity index (χ1v) is 13.4. The summed E-state index contributed by atoms with van der Waals surface area (Å²) in [4.78, 5) is 13.3. The number of methoxy groups -OCH3 is 1. The second-order valence-electron chi connectivity index (χ2n) is 9.24. The Hall–Kier alpha value is -3.72. The molecular formula is C27H30N2O6S. The van der Waals surface area contributed by atoms with Crippen molar-refractivity contribution >= 4 is 21.6 Å². The highest BCUT2D eigenvalue weighted by Gasteiger charge is 2.35. The first-order chi connectivity index (χ1) is 17.1. The quantitative estimate of drug-likeness (QED) is 0.473. The summed E-state index contributed by atoms with van der Waals surface area (Å²) in [7, 11) is -2.24. The van der Waals surface area contributed by atoms with E-state index in [4.69, 9.17) is 14.2 Å². The molecule has 3 aromatic rings. The molecule has 0 bridgehead atoms. The molecule has 1 unspecified atom stereocenters. The van der Waals surface area contributed by atoms with Crippen molar-refractivity contribution < 1.29 is 27.4 Å². The summed E-state index contributed by atoms with van der Waals surface area (Å²) in [6.07, 6.45) is 1.57. The molecule has 1 N–H and O–H groups in total. The minimum atomic E-state index is -3.81. The fourth-order valence-corrected chi connectivity index (χ4v) is 5.06. The Morgan fingerprint density at radius 2 is 1.75 bits per heavy atom. The van der Waals surface area contributed by atoms with E-state index in [1.54, 1.807) is 49.6 Å². The summed E-state index contributed by atoms with van der Waals surface area (Å²) >= 11 is 0. The fourth-order valence-electron chi connectivity index (χ4n) is 4.20. The van der Waals surface area contributed by atoms with Crippen LogP contribution in [-0.4, -0.2) is 39.8 Å². The van der Waals surface area contributed by atoms with Gasteiger partial charge in [-0.3, -0.25) is 9.10 Å². The minimum absolute atomic E-state index is 0.272. The normalized spacial score (nSPS) is 16.3. The number of carbonyl (C=O) groups is 1. The molecule has 0 aromatic heterocycles. The molecule has 0 spiro atoms. The van der Waals surface area contributed by atoms with E-state index in [2.05, 4.69) is 5.32 Å². The summed E-state index contributed by atoms with van der Waals surface area (Å²) in [6, 6.07) is 20.8. The van der Waals surface area contributed by atoms with Gasteiger partial charge in [-0.15, -0.1) is 0 Å². The number of anilines is 1. The fraction of sp³-hybridized carbons (Fsp3) is 0.296. The lowest BCUT2D eigenvalue weighted by atomic mass is 9.89. The van der Waals surface area contributed by atoms with Gasteiger partial charge in [-0.1, -0.05) is 30.3 Å². The highest BCUT2D eigenvalue weighted by atomic mass is 32.2. The van der Waals surface area contributed by atoms with E-state index in [0.717, 1.165) is 16.1 Å². The van der Waals surface area contributed by atoms with Gasteiger partial charge in [0.2, 0.25) is 15.9 Å². The zero-order valence-corrected chi connectivity index (χ0v) is 21.5. The number of fused-ring (bicyclic) bond motifs is 1. The molecule has 4 rings (SSSR count). The Bertz CT molecular complexity index is 1340. The summed E-state index contributed by atoms with van der Waals surface area (Å²) < 4.78 is 44.0. The highest BCUT2D eigenvalue weighted by Crippen LogP contribution is 2.41. The van der Waals surface area contributed by atoms with Crippen LogP contribution >= 0.6 is 0 Å². The van der Waals surface area contributed by atoms with Crippen LogP contribution in [0.5, 0.6) is 23.0 Å². The number of para-hydroxylation sites is 3. The third-order valence-corrected chi connectivity index (χ3v) is 6.93. The van der Waals surface area contributed by atoms with Gasteiger partial charge >= 0.3 is 0 Å². The van der Waals surface area contributed by atoms with Crippen molar-refractivity contribution in [2.75, 3.05) is 24.2 Å². The van der Waals surface area contributed by atoms with Crippen LogP contribution in [0.2, 0.25) is 0 Å². The largest absolute Gasteiger partial charge is 0.497 e. The lowest BCUT2D eigenvalue weighted by Crippen LogP contribution is -2.45. The monoisotopic (exact) mass is 510 g/mol. The van der Waals surface area contributed by atoms with E-state index in [1.165, 1.54) is 0 Å². The summed E-state index contributed by atoms with van der Waals surface area (Å²) in [6.45, 7) is 3.48. The summed E-state index contributed by atoms with van der Waals surface area (Å²) in [5.41, 5.74) is 0.528. The molecule has 1 aliphatic rings. The van der Waals surface area contributed by atoms with Crippen molar-refractivity contribution in [1.29, 1.82) is 0 Å². The Kier molecular flexibility index (Phi) is 7.12. The average Bonchev–Trinajstić information content (AvgIpc) is 2.82. The molecule has 1 aliphatic heterocycles. The Morgan fingerprint density at radius 1 is 1.06 bits per heavy atom. The highest BCUT2D eigenvalue weighted by molar-refractivity contribution is 7.92. The van der Waals surface area contributed by atoms with Crippen LogP contribution in [0.4, 0.5) is 5.69 Å². The maximum absolute atomic E-state index is 13.3. The third kappa shape index (κ3) is 5.91. The van der Waals surface area contributed by atoms with E-state index >= 15 is 0 Å². The predicted molar refractivity (Wildman–Crippen MR) is 138 cm³/mol. The van der Waals surface area contributed by atoms with Crippen LogP contribution in [-0.2, 0) is 14.8 Å². The molecule has 1 amide bonds. The van der Waals surface area contributed by atoms with Crippen molar-refractivity contribution in [2.45, 2.75) is 31.9 Å². The Balaban J connectivity index is 1.60. The lowest BCUT2D eigenvalue weighted by Gasteiger charge is -2.38. The van der Waals surface area contributed by atoms with E-state index in [1.807, 2.05) is 44.2 Å². The molecule has 0 fully saturated rings. The molecule has 0 saturated heterocycles. The molecule has 190 valence electrons. The van der Waals surface area contributed by atoms with Crippen molar-refractivity contribution in [3.63, 3.8) is 0 Å². The van der Waals surface area contributed by atoms with Crippen molar-refractivity contribution in [3.05, 3.63) is 78.4 Å². The molecule has 1 heterocycles. The van der Waals surface area contributed by atoms with E-state index in [0.29, 0.717) is 29.4 Å². The smallest absolute Gasteiger partial charge is 0.241 e. The predicted octanol–water partition coefficient (Wildman–Crippen LogP) is 4.67. The number of sulfonamides is 1. The second-order valence-corrected chi connectivity index (χ2v) is 11.1. The van der Waals surface area contributed by atoms with Crippen LogP contribution < -0.4 is 23.8 Å². The molecule has 0 aliphatic carbocycles.